The summed E-state index contributed by atoms with van der Waals surface area (Å²) in [6, 6.07) is 9.65. The second-order valence-electron chi connectivity index (χ2n) is 6.53. The summed E-state index contributed by atoms with van der Waals surface area (Å²) in [4.78, 5) is 2.33. The van der Waals surface area contributed by atoms with Gasteiger partial charge < -0.3 is 19.5 Å². The molecule has 0 amide bonds. The maximum atomic E-state index is 10.1. The number of ether oxygens (including phenoxy) is 2. The Hall–Kier alpha value is -1.10. The molecule has 1 N–H and O–H groups in total. The van der Waals surface area contributed by atoms with Crippen molar-refractivity contribution in [2.75, 3.05) is 39.5 Å². The molecule has 0 bridgehead atoms. The first-order valence-corrected chi connectivity index (χ1v) is 9.27. The molecule has 1 heterocycles. The molecule has 1 aliphatic heterocycles. The lowest BCUT2D eigenvalue weighted by Crippen LogP contribution is -2.44. The van der Waals surface area contributed by atoms with E-state index in [-0.39, 0.29) is 5.41 Å². The zero-order chi connectivity index (χ0) is 17.8. The Morgan fingerprint density at radius 3 is 2.38 bits per heavy atom. The number of aliphatic hydroxyl groups excluding tert-OH is 1. The lowest BCUT2D eigenvalue weighted by Gasteiger charge is -2.39. The predicted molar refractivity (Wildman–Crippen MR) is 99.6 cm³/mol. The average Bonchev–Trinajstić information content (AvgIpc) is 2.63. The molecule has 1 aliphatic rings. The van der Waals surface area contributed by atoms with Crippen LogP contribution in [0.25, 0.3) is 0 Å². The standard InChI is InChI=1S/C18H29NO3.C2H6/c1-3-21-15-18(2)9-11-19(12-10-18)13-16(20)14-22-17-7-5-4-6-8-17;1-2/h4-8,16,20H,3,9-15H2,1-2H3;1-2H3. The van der Waals surface area contributed by atoms with Crippen LogP contribution in [0.1, 0.15) is 40.5 Å². The lowest BCUT2D eigenvalue weighted by molar-refractivity contribution is -0.000432. The minimum Gasteiger partial charge on any atom is -0.491 e. The fourth-order valence-electron chi connectivity index (χ4n) is 2.83. The highest BCUT2D eigenvalue weighted by Crippen LogP contribution is 2.31. The molecule has 1 aromatic carbocycles. The maximum Gasteiger partial charge on any atom is 0.119 e. The van der Waals surface area contributed by atoms with Crippen LogP contribution in [0.15, 0.2) is 30.3 Å². The molecule has 1 fully saturated rings. The van der Waals surface area contributed by atoms with E-state index in [2.05, 4.69) is 11.8 Å². The summed E-state index contributed by atoms with van der Waals surface area (Å²) in [7, 11) is 0. The summed E-state index contributed by atoms with van der Waals surface area (Å²) < 4.78 is 11.2. The third-order valence-electron chi connectivity index (χ3n) is 4.37. The van der Waals surface area contributed by atoms with Gasteiger partial charge in [0.1, 0.15) is 18.5 Å². The van der Waals surface area contributed by atoms with Gasteiger partial charge in [-0.15, -0.1) is 0 Å². The number of benzene rings is 1. The number of likely N-dealkylation sites (tertiary alicyclic amines) is 1. The highest BCUT2D eigenvalue weighted by Gasteiger charge is 2.30. The molecule has 1 unspecified atom stereocenters. The van der Waals surface area contributed by atoms with Crippen LogP contribution >= 0.6 is 0 Å². The molecule has 0 radical (unpaired) electrons. The number of piperidine rings is 1. The molecular weight excluding hydrogens is 302 g/mol. The third-order valence-corrected chi connectivity index (χ3v) is 4.37. The fraction of sp³-hybridized carbons (Fsp3) is 0.700. The Morgan fingerprint density at radius 1 is 1.17 bits per heavy atom. The fourth-order valence-corrected chi connectivity index (χ4v) is 2.83. The summed E-state index contributed by atoms with van der Waals surface area (Å²) in [6.45, 7) is 13.0. The lowest BCUT2D eigenvalue weighted by atomic mass is 9.81. The van der Waals surface area contributed by atoms with Crippen molar-refractivity contribution < 1.29 is 14.6 Å². The molecule has 4 nitrogen and oxygen atoms in total. The smallest absolute Gasteiger partial charge is 0.119 e. The van der Waals surface area contributed by atoms with Crippen molar-refractivity contribution in [1.82, 2.24) is 4.90 Å². The van der Waals surface area contributed by atoms with E-state index < -0.39 is 6.10 Å². The molecule has 1 atom stereocenters. The van der Waals surface area contributed by atoms with E-state index in [1.54, 1.807) is 0 Å². The number of hydrogen-bond acceptors (Lipinski definition) is 4. The Labute approximate surface area is 147 Å². The zero-order valence-corrected chi connectivity index (χ0v) is 15.8. The van der Waals surface area contributed by atoms with E-state index in [4.69, 9.17) is 9.47 Å². The van der Waals surface area contributed by atoms with Crippen molar-refractivity contribution in [3.05, 3.63) is 30.3 Å². The number of aliphatic hydroxyl groups is 1. The van der Waals surface area contributed by atoms with E-state index >= 15 is 0 Å². The molecule has 0 saturated carbocycles. The minimum absolute atomic E-state index is 0.290. The maximum absolute atomic E-state index is 10.1. The number of hydrogen-bond donors (Lipinski definition) is 1. The van der Waals surface area contributed by atoms with Gasteiger partial charge in [0.2, 0.25) is 0 Å². The Morgan fingerprint density at radius 2 is 1.79 bits per heavy atom. The quantitative estimate of drug-likeness (QED) is 0.787. The normalized spacial score (nSPS) is 18.4. The molecule has 1 saturated heterocycles. The first-order chi connectivity index (χ1) is 11.6. The molecule has 2 rings (SSSR count). The topological polar surface area (TPSA) is 41.9 Å². The minimum atomic E-state index is -0.448. The largest absolute Gasteiger partial charge is 0.491 e. The first kappa shape index (κ1) is 20.9. The van der Waals surface area contributed by atoms with Crippen LogP contribution < -0.4 is 4.74 Å². The molecule has 0 aromatic heterocycles. The Kier molecular flexibility index (Phi) is 9.99. The second kappa shape index (κ2) is 11.5. The number of rotatable bonds is 8. The van der Waals surface area contributed by atoms with E-state index in [1.165, 1.54) is 0 Å². The van der Waals surface area contributed by atoms with Gasteiger partial charge in [-0.1, -0.05) is 39.0 Å². The zero-order valence-electron chi connectivity index (χ0n) is 15.8. The van der Waals surface area contributed by atoms with E-state index in [0.717, 1.165) is 44.9 Å². The summed E-state index contributed by atoms with van der Waals surface area (Å²) in [5, 5.41) is 10.1. The van der Waals surface area contributed by atoms with Crippen LogP contribution in [-0.4, -0.2) is 55.6 Å². The van der Waals surface area contributed by atoms with Crippen LogP contribution in [0.5, 0.6) is 5.75 Å². The van der Waals surface area contributed by atoms with Gasteiger partial charge in [-0.3, -0.25) is 0 Å². The third kappa shape index (κ3) is 7.65. The van der Waals surface area contributed by atoms with E-state index in [9.17, 15) is 5.11 Å². The van der Waals surface area contributed by atoms with Crippen molar-refractivity contribution in [2.45, 2.75) is 46.6 Å². The highest BCUT2D eigenvalue weighted by atomic mass is 16.5. The molecule has 138 valence electrons. The number of nitrogens with zero attached hydrogens (tertiary/aromatic N) is 1. The summed E-state index contributed by atoms with van der Waals surface area (Å²) >= 11 is 0. The molecule has 1 aromatic rings. The van der Waals surface area contributed by atoms with Gasteiger partial charge in [-0.05, 0) is 50.4 Å². The second-order valence-corrected chi connectivity index (χ2v) is 6.53. The van der Waals surface area contributed by atoms with Gasteiger partial charge in [0.15, 0.2) is 0 Å². The van der Waals surface area contributed by atoms with Gasteiger partial charge >= 0.3 is 0 Å². The van der Waals surface area contributed by atoms with Crippen molar-refractivity contribution >= 4 is 0 Å². The van der Waals surface area contributed by atoms with Crippen LogP contribution in [0.3, 0.4) is 0 Å². The van der Waals surface area contributed by atoms with E-state index in [1.807, 2.05) is 51.1 Å². The Balaban J connectivity index is 0.00000139. The van der Waals surface area contributed by atoms with Gasteiger partial charge in [-0.25, -0.2) is 0 Å². The average molecular weight is 338 g/mol. The van der Waals surface area contributed by atoms with Gasteiger partial charge in [0, 0.05) is 13.2 Å². The van der Waals surface area contributed by atoms with Crippen LogP contribution in [-0.2, 0) is 4.74 Å². The SMILES string of the molecule is CC.CCOCC1(C)CCN(CC(O)COc2ccccc2)CC1. The van der Waals surface area contributed by atoms with E-state index in [0.29, 0.717) is 13.2 Å². The van der Waals surface area contributed by atoms with Crippen molar-refractivity contribution in [1.29, 1.82) is 0 Å². The van der Waals surface area contributed by atoms with Crippen LogP contribution in [0.2, 0.25) is 0 Å². The summed E-state index contributed by atoms with van der Waals surface area (Å²) in [6.07, 6.45) is 1.80. The molecule has 4 heteroatoms. The van der Waals surface area contributed by atoms with Crippen molar-refractivity contribution in [2.24, 2.45) is 5.41 Å². The van der Waals surface area contributed by atoms with Crippen LogP contribution in [0, 0.1) is 5.41 Å². The summed E-state index contributed by atoms with van der Waals surface area (Å²) in [5.41, 5.74) is 0.290. The van der Waals surface area contributed by atoms with Gasteiger partial charge in [-0.2, -0.15) is 0 Å². The first-order valence-electron chi connectivity index (χ1n) is 9.27. The number of para-hydroxylation sites is 1. The van der Waals surface area contributed by atoms with Gasteiger partial charge in [0.25, 0.3) is 0 Å². The highest BCUT2D eigenvalue weighted by molar-refractivity contribution is 5.20. The monoisotopic (exact) mass is 337 g/mol. The molecular formula is C20H35NO3. The summed E-state index contributed by atoms with van der Waals surface area (Å²) in [5.74, 6) is 0.810. The molecule has 0 spiro atoms. The van der Waals surface area contributed by atoms with Gasteiger partial charge in [0.05, 0.1) is 6.61 Å². The van der Waals surface area contributed by atoms with Crippen molar-refractivity contribution in [3.8, 4) is 5.75 Å². The molecule has 0 aliphatic carbocycles. The number of β-amino-alcohol motifs (C(OH)–C–C–N with tert-alkyl or cyclic N) is 1. The van der Waals surface area contributed by atoms with Crippen LogP contribution in [0.4, 0.5) is 0 Å². The Bertz CT molecular complexity index is 416. The van der Waals surface area contributed by atoms with Crippen molar-refractivity contribution in [3.63, 3.8) is 0 Å². The molecule has 24 heavy (non-hydrogen) atoms. The predicted octanol–water partition coefficient (Wildman–Crippen LogP) is 3.59.